The zero-order valence-electron chi connectivity index (χ0n) is 10.5. The molecule has 2 amide bonds. The van der Waals surface area contributed by atoms with Crippen molar-refractivity contribution < 1.29 is 24.2 Å². The van der Waals surface area contributed by atoms with Crippen LogP contribution in [0.4, 0.5) is 16.2 Å². The molecule has 1 aliphatic heterocycles. The highest BCUT2D eigenvalue weighted by molar-refractivity contribution is 6.09. The molecule has 7 heteroatoms. The molecule has 1 heterocycles. The molecule has 0 atom stereocenters. The van der Waals surface area contributed by atoms with Crippen LogP contribution in [0.1, 0.15) is 10.4 Å². The Morgan fingerprint density at radius 2 is 2.25 bits per heavy atom. The van der Waals surface area contributed by atoms with E-state index in [1.165, 1.54) is 24.3 Å². The number of nitrogens with zero attached hydrogens (tertiary/aromatic N) is 1. The van der Waals surface area contributed by atoms with Gasteiger partial charge in [-0.15, -0.1) is 0 Å². The number of carboxylic acids is 1. The van der Waals surface area contributed by atoms with Gasteiger partial charge in [-0.05, 0) is 18.2 Å². The van der Waals surface area contributed by atoms with Crippen molar-refractivity contribution >= 4 is 29.3 Å². The van der Waals surface area contributed by atoms with Gasteiger partial charge in [-0.2, -0.15) is 0 Å². The van der Waals surface area contributed by atoms with Crippen LogP contribution in [0, 0.1) is 0 Å². The monoisotopic (exact) mass is 276 g/mol. The number of nitrogens with one attached hydrogen (secondary N) is 1. The van der Waals surface area contributed by atoms with Gasteiger partial charge in [0.15, 0.2) is 0 Å². The van der Waals surface area contributed by atoms with Gasteiger partial charge in [0.1, 0.15) is 13.2 Å². The van der Waals surface area contributed by atoms with E-state index >= 15 is 0 Å². The fourth-order valence-electron chi connectivity index (χ4n) is 1.79. The summed E-state index contributed by atoms with van der Waals surface area (Å²) in [5, 5.41) is 11.4. The van der Waals surface area contributed by atoms with E-state index in [0.717, 1.165) is 4.90 Å². The zero-order chi connectivity index (χ0) is 14.7. The Labute approximate surface area is 114 Å². The third kappa shape index (κ3) is 2.61. The van der Waals surface area contributed by atoms with E-state index in [2.05, 4.69) is 11.9 Å². The molecule has 1 aliphatic rings. The molecule has 2 rings (SSSR count). The second-order valence-electron chi connectivity index (χ2n) is 4.04. The molecule has 0 spiro atoms. The van der Waals surface area contributed by atoms with Crippen molar-refractivity contribution in [1.82, 2.24) is 0 Å². The average molecular weight is 276 g/mol. The molecule has 0 bridgehead atoms. The molecule has 0 fully saturated rings. The lowest BCUT2D eigenvalue weighted by molar-refractivity contribution is -0.115. The fraction of sp³-hybridized carbons (Fsp3) is 0.154. The van der Waals surface area contributed by atoms with Gasteiger partial charge < -0.3 is 15.2 Å². The Morgan fingerprint density at radius 1 is 1.50 bits per heavy atom. The number of carbonyl (C=O) groups is 3. The van der Waals surface area contributed by atoms with E-state index in [0.29, 0.717) is 5.69 Å². The third-order valence-corrected chi connectivity index (χ3v) is 2.66. The number of benzene rings is 1. The summed E-state index contributed by atoms with van der Waals surface area (Å²) >= 11 is 0. The second-order valence-corrected chi connectivity index (χ2v) is 4.04. The number of carboxylic acid groups (broad SMARTS) is 1. The van der Waals surface area contributed by atoms with Crippen molar-refractivity contribution in [3.8, 4) is 0 Å². The summed E-state index contributed by atoms with van der Waals surface area (Å²) in [7, 11) is 0. The first-order chi connectivity index (χ1) is 9.52. The molecule has 0 saturated carbocycles. The van der Waals surface area contributed by atoms with Crippen LogP contribution in [0.3, 0.4) is 0 Å². The largest absolute Gasteiger partial charge is 0.478 e. The minimum Gasteiger partial charge on any atom is -0.478 e. The van der Waals surface area contributed by atoms with Crippen LogP contribution in [-0.4, -0.2) is 36.2 Å². The maximum Gasteiger partial charge on any atom is 0.415 e. The van der Waals surface area contributed by atoms with E-state index in [9.17, 15) is 14.4 Å². The quantitative estimate of drug-likeness (QED) is 0.815. The molecule has 0 aliphatic carbocycles. The highest BCUT2D eigenvalue weighted by Crippen LogP contribution is 2.30. The number of hydrogen-bond donors (Lipinski definition) is 2. The van der Waals surface area contributed by atoms with E-state index in [1.54, 1.807) is 0 Å². The standard InChI is InChI=1S/C13H12N2O5/c1-2-5-20-13(19)15-7-11(16)14-9-6-8(12(17)18)3-4-10(9)15/h2-4,6H,1,5,7H2,(H,14,16)(H,17,18). The molecule has 1 aromatic carbocycles. The Kier molecular flexibility index (Phi) is 3.69. The summed E-state index contributed by atoms with van der Waals surface area (Å²) in [6.45, 7) is 3.27. The number of aromatic carboxylic acids is 1. The predicted molar refractivity (Wildman–Crippen MR) is 70.9 cm³/mol. The fourth-order valence-corrected chi connectivity index (χ4v) is 1.79. The van der Waals surface area contributed by atoms with Crippen LogP contribution in [0.5, 0.6) is 0 Å². The van der Waals surface area contributed by atoms with Gasteiger partial charge in [0.2, 0.25) is 5.91 Å². The molecule has 0 saturated heterocycles. The van der Waals surface area contributed by atoms with Crippen LogP contribution in [0.15, 0.2) is 30.9 Å². The maximum absolute atomic E-state index is 11.8. The molecule has 104 valence electrons. The van der Waals surface area contributed by atoms with E-state index in [4.69, 9.17) is 9.84 Å². The first kappa shape index (κ1) is 13.6. The summed E-state index contributed by atoms with van der Waals surface area (Å²) in [5.41, 5.74) is 0.672. The van der Waals surface area contributed by atoms with Gasteiger partial charge in [-0.1, -0.05) is 12.7 Å². The van der Waals surface area contributed by atoms with E-state index in [1.807, 2.05) is 0 Å². The summed E-state index contributed by atoms with van der Waals surface area (Å²) in [6, 6.07) is 4.10. The molecule has 7 nitrogen and oxygen atoms in total. The molecule has 0 aromatic heterocycles. The molecule has 1 aromatic rings. The lowest BCUT2D eigenvalue weighted by Crippen LogP contribution is -2.42. The van der Waals surface area contributed by atoms with Gasteiger partial charge in [0.05, 0.1) is 16.9 Å². The summed E-state index contributed by atoms with van der Waals surface area (Å²) < 4.78 is 4.89. The number of ether oxygens (including phenoxy) is 1. The van der Waals surface area contributed by atoms with Crippen molar-refractivity contribution in [2.45, 2.75) is 0 Å². The highest BCUT2D eigenvalue weighted by atomic mass is 16.6. The molecular weight excluding hydrogens is 264 g/mol. The molecule has 0 radical (unpaired) electrons. The SMILES string of the molecule is C=CCOC(=O)N1CC(=O)Nc2cc(C(=O)O)ccc21. The minimum atomic E-state index is -1.12. The first-order valence-corrected chi connectivity index (χ1v) is 5.75. The topological polar surface area (TPSA) is 95.9 Å². The Bertz CT molecular complexity index is 596. The van der Waals surface area contributed by atoms with Crippen LogP contribution in [-0.2, 0) is 9.53 Å². The van der Waals surface area contributed by atoms with Crippen molar-refractivity contribution in [2.24, 2.45) is 0 Å². The van der Waals surface area contributed by atoms with Crippen molar-refractivity contribution in [1.29, 1.82) is 0 Å². The molecular formula is C13H12N2O5. The number of amides is 2. The highest BCUT2D eigenvalue weighted by Gasteiger charge is 2.28. The van der Waals surface area contributed by atoms with Crippen LogP contribution >= 0.6 is 0 Å². The van der Waals surface area contributed by atoms with Crippen molar-refractivity contribution in [3.05, 3.63) is 36.4 Å². The molecule has 2 N–H and O–H groups in total. The van der Waals surface area contributed by atoms with Crippen LogP contribution in [0.2, 0.25) is 0 Å². The molecule has 20 heavy (non-hydrogen) atoms. The van der Waals surface area contributed by atoms with Gasteiger partial charge in [0, 0.05) is 0 Å². The van der Waals surface area contributed by atoms with E-state index in [-0.39, 0.29) is 24.4 Å². The average Bonchev–Trinajstić information content (AvgIpc) is 2.42. The van der Waals surface area contributed by atoms with Gasteiger partial charge in [-0.25, -0.2) is 9.59 Å². The van der Waals surface area contributed by atoms with E-state index < -0.39 is 18.0 Å². The minimum absolute atomic E-state index is 0.0189. The second kappa shape index (κ2) is 5.43. The number of anilines is 2. The number of hydrogen-bond acceptors (Lipinski definition) is 4. The summed E-state index contributed by atoms with van der Waals surface area (Å²) in [4.78, 5) is 35.4. The van der Waals surface area contributed by atoms with Crippen LogP contribution in [0.25, 0.3) is 0 Å². The van der Waals surface area contributed by atoms with Crippen molar-refractivity contribution in [2.75, 3.05) is 23.4 Å². The third-order valence-electron chi connectivity index (χ3n) is 2.66. The number of rotatable bonds is 3. The van der Waals surface area contributed by atoms with Gasteiger partial charge >= 0.3 is 12.1 Å². The molecule has 0 unspecified atom stereocenters. The summed E-state index contributed by atoms with van der Waals surface area (Å²) in [6.07, 6.45) is 0.722. The Hall–Kier alpha value is -2.83. The van der Waals surface area contributed by atoms with Gasteiger partial charge in [-0.3, -0.25) is 9.69 Å². The first-order valence-electron chi connectivity index (χ1n) is 5.75. The Balaban J connectivity index is 2.35. The number of fused-ring (bicyclic) bond motifs is 1. The zero-order valence-corrected chi connectivity index (χ0v) is 10.5. The van der Waals surface area contributed by atoms with Gasteiger partial charge in [0.25, 0.3) is 0 Å². The van der Waals surface area contributed by atoms with Crippen molar-refractivity contribution in [3.63, 3.8) is 0 Å². The maximum atomic E-state index is 11.8. The smallest absolute Gasteiger partial charge is 0.415 e. The Morgan fingerprint density at radius 3 is 2.90 bits per heavy atom. The lowest BCUT2D eigenvalue weighted by atomic mass is 10.1. The lowest BCUT2D eigenvalue weighted by Gasteiger charge is -2.28. The van der Waals surface area contributed by atoms with Crippen LogP contribution < -0.4 is 10.2 Å². The summed E-state index contributed by atoms with van der Waals surface area (Å²) in [5.74, 6) is -1.54. The normalized spacial score (nSPS) is 13.2. The predicted octanol–water partition coefficient (Wildman–Crippen LogP) is 1.47. The number of carbonyl (C=O) groups excluding carboxylic acids is 2.